The van der Waals surface area contributed by atoms with Crippen LogP contribution in [0.1, 0.15) is 18.5 Å². The number of hydrogen-bond donors (Lipinski definition) is 0. The molecule has 0 bridgehead atoms. The number of carbonyl (C=O) groups excluding carboxylic acids is 1. The molecule has 2 aliphatic rings. The van der Waals surface area contributed by atoms with Crippen LogP contribution in [0.15, 0.2) is 24.3 Å². The molecule has 7 nitrogen and oxygen atoms in total. The maximum absolute atomic E-state index is 13.6. The summed E-state index contributed by atoms with van der Waals surface area (Å²) in [6, 6.07) is 5.35. The number of carbonyl (C=O) groups is 1. The summed E-state index contributed by atoms with van der Waals surface area (Å²) in [7, 11) is -2.00. The number of hydrogen-bond acceptors (Lipinski definition) is 5. The van der Waals surface area contributed by atoms with Crippen molar-refractivity contribution in [3.05, 3.63) is 35.6 Å². The fourth-order valence-electron chi connectivity index (χ4n) is 3.41. The van der Waals surface area contributed by atoms with Gasteiger partial charge in [-0.3, -0.25) is 9.63 Å². The van der Waals surface area contributed by atoms with Gasteiger partial charge < -0.3 is 4.90 Å². The lowest BCUT2D eigenvalue weighted by Crippen LogP contribution is -2.53. The van der Waals surface area contributed by atoms with Crippen LogP contribution in [0.4, 0.5) is 4.39 Å². The van der Waals surface area contributed by atoms with Gasteiger partial charge in [-0.1, -0.05) is 12.1 Å². The van der Waals surface area contributed by atoms with E-state index in [1.807, 2.05) is 0 Å². The highest BCUT2D eigenvalue weighted by Gasteiger charge is 2.46. The average Bonchev–Trinajstić information content (AvgIpc) is 2.97. The molecule has 0 N–H and O–H groups in total. The number of rotatable bonds is 3. The first kappa shape index (κ1) is 18.2. The van der Waals surface area contributed by atoms with Crippen molar-refractivity contribution in [3.8, 4) is 0 Å². The highest BCUT2D eigenvalue weighted by Crippen LogP contribution is 2.35. The lowest BCUT2D eigenvalue weighted by molar-refractivity contribution is -0.129. The van der Waals surface area contributed by atoms with Crippen LogP contribution in [-0.4, -0.2) is 73.7 Å². The summed E-state index contributed by atoms with van der Waals surface area (Å²) in [5, 5.41) is 0.659. The standard InChI is InChI=1S/C16H22FN3O4S/c1-12(21)19-6-8-20(9-7-19)25(22,23)15-11-24-18(2)16(15)13-4-3-5-14(17)10-13/h3-5,10,15-16H,6-9,11H2,1-2H3/t15-,16+/m1/s1. The molecule has 2 atom stereocenters. The van der Waals surface area contributed by atoms with Crippen LogP contribution in [0.5, 0.6) is 0 Å². The molecule has 3 rings (SSSR count). The molecule has 1 amide bonds. The first-order chi connectivity index (χ1) is 11.8. The molecule has 25 heavy (non-hydrogen) atoms. The molecule has 0 saturated carbocycles. The Morgan fingerprint density at radius 1 is 1.24 bits per heavy atom. The SMILES string of the molecule is CC(=O)N1CCN(S(=O)(=O)[C@@H]2CON(C)[C@H]2c2cccc(F)c2)CC1. The Morgan fingerprint density at radius 2 is 1.92 bits per heavy atom. The van der Waals surface area contributed by atoms with E-state index >= 15 is 0 Å². The molecule has 0 spiro atoms. The molecule has 0 unspecified atom stereocenters. The second-order valence-electron chi connectivity index (χ2n) is 6.33. The van der Waals surface area contributed by atoms with Crippen LogP contribution in [0.3, 0.4) is 0 Å². The maximum atomic E-state index is 13.6. The average molecular weight is 371 g/mol. The molecular weight excluding hydrogens is 349 g/mol. The number of benzene rings is 1. The van der Waals surface area contributed by atoms with Gasteiger partial charge in [-0.05, 0) is 17.7 Å². The van der Waals surface area contributed by atoms with E-state index < -0.39 is 27.1 Å². The summed E-state index contributed by atoms with van der Waals surface area (Å²) < 4.78 is 41.2. The monoisotopic (exact) mass is 371 g/mol. The van der Waals surface area contributed by atoms with Gasteiger partial charge in [0, 0.05) is 40.2 Å². The largest absolute Gasteiger partial charge is 0.340 e. The van der Waals surface area contributed by atoms with Crippen LogP contribution < -0.4 is 0 Å². The number of hydroxylamine groups is 2. The molecule has 9 heteroatoms. The Labute approximate surface area is 147 Å². The maximum Gasteiger partial charge on any atom is 0.221 e. The number of piperazine rings is 1. The topological polar surface area (TPSA) is 70.2 Å². The zero-order valence-corrected chi connectivity index (χ0v) is 15.1. The lowest BCUT2D eigenvalue weighted by atomic mass is 10.0. The Balaban J connectivity index is 1.82. The van der Waals surface area contributed by atoms with E-state index in [2.05, 4.69) is 0 Å². The van der Waals surface area contributed by atoms with Gasteiger partial charge in [0.25, 0.3) is 0 Å². The van der Waals surface area contributed by atoms with Gasteiger partial charge in [0.1, 0.15) is 11.1 Å². The first-order valence-electron chi connectivity index (χ1n) is 8.16. The summed E-state index contributed by atoms with van der Waals surface area (Å²) in [5.41, 5.74) is 0.566. The molecule has 1 aromatic carbocycles. The summed E-state index contributed by atoms with van der Waals surface area (Å²) in [5.74, 6) is -0.470. The predicted octanol–water partition coefficient (Wildman–Crippen LogP) is 0.606. The van der Waals surface area contributed by atoms with Gasteiger partial charge in [-0.15, -0.1) is 0 Å². The highest BCUT2D eigenvalue weighted by atomic mass is 32.2. The van der Waals surface area contributed by atoms with Crippen molar-refractivity contribution < 1.29 is 22.4 Å². The number of amides is 1. The molecule has 1 aromatic rings. The minimum atomic E-state index is -3.65. The molecule has 2 heterocycles. The Hall–Kier alpha value is -1.55. The summed E-state index contributed by atoms with van der Waals surface area (Å²) in [4.78, 5) is 18.5. The summed E-state index contributed by atoms with van der Waals surface area (Å²) in [6.45, 7) is 2.78. The van der Waals surface area contributed by atoms with Crippen molar-refractivity contribution in [2.24, 2.45) is 0 Å². The van der Waals surface area contributed by atoms with Crippen molar-refractivity contribution in [2.75, 3.05) is 39.8 Å². The summed E-state index contributed by atoms with van der Waals surface area (Å²) >= 11 is 0. The van der Waals surface area contributed by atoms with E-state index in [0.717, 1.165) is 0 Å². The Bertz CT molecular complexity index is 750. The quantitative estimate of drug-likeness (QED) is 0.779. The number of sulfonamides is 1. The molecule has 0 radical (unpaired) electrons. The predicted molar refractivity (Wildman–Crippen MR) is 89.4 cm³/mol. The molecular formula is C16H22FN3O4S. The minimum absolute atomic E-state index is 0.0208. The smallest absolute Gasteiger partial charge is 0.221 e. The fraction of sp³-hybridized carbons (Fsp3) is 0.562. The highest BCUT2D eigenvalue weighted by molar-refractivity contribution is 7.89. The van der Waals surface area contributed by atoms with E-state index in [0.29, 0.717) is 18.7 Å². The second-order valence-corrected chi connectivity index (χ2v) is 8.48. The van der Waals surface area contributed by atoms with Crippen molar-refractivity contribution in [1.29, 1.82) is 0 Å². The van der Waals surface area contributed by atoms with Crippen LogP contribution >= 0.6 is 0 Å². The van der Waals surface area contributed by atoms with Crippen LogP contribution in [0.25, 0.3) is 0 Å². The van der Waals surface area contributed by atoms with Gasteiger partial charge in [0.05, 0.1) is 12.6 Å². The van der Waals surface area contributed by atoms with Crippen molar-refractivity contribution in [3.63, 3.8) is 0 Å². The molecule has 138 valence electrons. The van der Waals surface area contributed by atoms with Crippen molar-refractivity contribution in [1.82, 2.24) is 14.3 Å². The lowest BCUT2D eigenvalue weighted by Gasteiger charge is -2.35. The van der Waals surface area contributed by atoms with E-state index in [1.54, 1.807) is 24.1 Å². The van der Waals surface area contributed by atoms with Gasteiger partial charge in [-0.25, -0.2) is 12.8 Å². The van der Waals surface area contributed by atoms with Crippen LogP contribution in [-0.2, 0) is 19.7 Å². The fourth-order valence-corrected chi connectivity index (χ4v) is 5.35. The van der Waals surface area contributed by atoms with E-state index in [1.165, 1.54) is 28.4 Å². The molecule has 2 aliphatic heterocycles. The molecule has 2 saturated heterocycles. The third kappa shape index (κ3) is 3.55. The third-order valence-electron chi connectivity index (χ3n) is 4.80. The Kier molecular flexibility index (Phi) is 5.10. The normalized spacial score (nSPS) is 26.1. The van der Waals surface area contributed by atoms with E-state index in [-0.39, 0.29) is 25.6 Å². The zero-order chi connectivity index (χ0) is 18.2. The van der Waals surface area contributed by atoms with E-state index in [9.17, 15) is 17.6 Å². The molecule has 0 aliphatic carbocycles. The summed E-state index contributed by atoms with van der Waals surface area (Å²) in [6.07, 6.45) is 0. The van der Waals surface area contributed by atoms with Gasteiger partial charge in [0.2, 0.25) is 15.9 Å². The van der Waals surface area contributed by atoms with Crippen LogP contribution in [0, 0.1) is 5.82 Å². The third-order valence-corrected chi connectivity index (χ3v) is 7.05. The molecule has 2 fully saturated rings. The zero-order valence-electron chi connectivity index (χ0n) is 14.3. The van der Waals surface area contributed by atoms with Crippen LogP contribution in [0.2, 0.25) is 0 Å². The van der Waals surface area contributed by atoms with Gasteiger partial charge in [0.15, 0.2) is 0 Å². The number of halogens is 1. The van der Waals surface area contributed by atoms with Crippen molar-refractivity contribution >= 4 is 15.9 Å². The van der Waals surface area contributed by atoms with Gasteiger partial charge >= 0.3 is 0 Å². The second kappa shape index (κ2) is 6.99. The molecule has 0 aromatic heterocycles. The number of nitrogens with zero attached hydrogens (tertiary/aromatic N) is 3. The van der Waals surface area contributed by atoms with Gasteiger partial charge in [-0.2, -0.15) is 9.37 Å². The Morgan fingerprint density at radius 3 is 2.52 bits per heavy atom. The first-order valence-corrected chi connectivity index (χ1v) is 9.66. The minimum Gasteiger partial charge on any atom is -0.340 e. The van der Waals surface area contributed by atoms with Crippen molar-refractivity contribution in [2.45, 2.75) is 18.2 Å². The van der Waals surface area contributed by atoms with E-state index in [4.69, 9.17) is 4.84 Å².